The van der Waals surface area contributed by atoms with Gasteiger partial charge in [0.2, 0.25) is 0 Å². The molecule has 0 amide bonds. The van der Waals surface area contributed by atoms with Crippen LogP contribution in [0.5, 0.6) is 0 Å². The lowest BCUT2D eigenvalue weighted by Gasteiger charge is -2.28. The van der Waals surface area contributed by atoms with Crippen LogP contribution < -0.4 is 11.1 Å². The highest BCUT2D eigenvalue weighted by molar-refractivity contribution is 6.10. The average Bonchev–Trinajstić information content (AvgIpc) is 3.19. The highest BCUT2D eigenvalue weighted by Crippen LogP contribution is 2.34. The molecule has 5 rings (SSSR count). The second-order valence-corrected chi connectivity index (χ2v) is 8.69. The molecule has 2 unspecified atom stereocenters. The minimum Gasteiger partial charge on any atom is -0.357 e. The van der Waals surface area contributed by atoms with Gasteiger partial charge in [-0.15, -0.1) is 0 Å². The van der Waals surface area contributed by atoms with Crippen LogP contribution in [-0.4, -0.2) is 23.4 Å². The Morgan fingerprint density at radius 2 is 1.64 bits per heavy atom. The molecule has 4 N–H and O–H groups in total. The zero-order chi connectivity index (χ0) is 22.9. The van der Waals surface area contributed by atoms with Crippen molar-refractivity contribution in [2.24, 2.45) is 5.73 Å². The van der Waals surface area contributed by atoms with E-state index in [0.29, 0.717) is 11.1 Å². The molecule has 0 fully saturated rings. The van der Waals surface area contributed by atoms with Crippen LogP contribution in [0, 0.1) is 11.6 Å². The van der Waals surface area contributed by atoms with Crippen molar-refractivity contribution in [3.8, 4) is 0 Å². The summed E-state index contributed by atoms with van der Waals surface area (Å²) in [5, 5.41) is 4.59. The summed E-state index contributed by atoms with van der Waals surface area (Å²) in [5.74, 6) is -0.733. The number of nitrogens with one attached hydrogen (secondary N) is 2. The van der Waals surface area contributed by atoms with E-state index in [1.54, 1.807) is 18.2 Å². The molecule has 4 aromatic rings. The molecule has 0 aliphatic heterocycles. The summed E-state index contributed by atoms with van der Waals surface area (Å²) in [6, 6.07) is 17.9. The fourth-order valence-electron chi connectivity index (χ4n) is 4.70. The SMILES string of the molecule is NC1CC(NCCc2ccc(F)cc2)Cc2c1[nH]c1ccc(C(=O)c3ccc(F)cc3)cc21. The van der Waals surface area contributed by atoms with E-state index in [0.717, 1.165) is 53.5 Å². The van der Waals surface area contributed by atoms with Gasteiger partial charge in [-0.3, -0.25) is 4.79 Å². The van der Waals surface area contributed by atoms with Crippen LogP contribution in [0.25, 0.3) is 10.9 Å². The van der Waals surface area contributed by atoms with Crippen molar-refractivity contribution in [3.05, 3.63) is 106 Å². The first-order valence-corrected chi connectivity index (χ1v) is 11.2. The number of benzene rings is 3. The van der Waals surface area contributed by atoms with Crippen molar-refractivity contribution in [2.75, 3.05) is 6.54 Å². The molecular weight excluding hydrogens is 420 g/mol. The van der Waals surface area contributed by atoms with Gasteiger partial charge in [-0.2, -0.15) is 0 Å². The number of nitrogens with two attached hydrogens (primary N) is 1. The molecule has 0 bridgehead atoms. The summed E-state index contributed by atoms with van der Waals surface area (Å²) in [6.45, 7) is 0.773. The summed E-state index contributed by atoms with van der Waals surface area (Å²) < 4.78 is 26.3. The predicted octanol–water partition coefficient (Wildman–Crippen LogP) is 4.82. The van der Waals surface area contributed by atoms with Crippen LogP contribution >= 0.6 is 0 Å². The van der Waals surface area contributed by atoms with Gasteiger partial charge in [0.05, 0.1) is 0 Å². The first kappa shape index (κ1) is 21.5. The molecule has 6 heteroatoms. The van der Waals surface area contributed by atoms with Crippen LogP contribution in [0.3, 0.4) is 0 Å². The van der Waals surface area contributed by atoms with Gasteiger partial charge in [-0.05, 0) is 91.5 Å². The van der Waals surface area contributed by atoms with Gasteiger partial charge in [0.15, 0.2) is 5.78 Å². The number of aromatic amines is 1. The monoisotopic (exact) mass is 445 g/mol. The maximum Gasteiger partial charge on any atom is 0.193 e. The molecule has 0 saturated heterocycles. The summed E-state index contributed by atoms with van der Waals surface area (Å²) >= 11 is 0. The molecule has 1 aliphatic carbocycles. The zero-order valence-corrected chi connectivity index (χ0v) is 18.1. The second-order valence-electron chi connectivity index (χ2n) is 8.69. The van der Waals surface area contributed by atoms with E-state index in [4.69, 9.17) is 5.73 Å². The van der Waals surface area contributed by atoms with Crippen LogP contribution in [-0.2, 0) is 12.8 Å². The molecule has 33 heavy (non-hydrogen) atoms. The number of fused-ring (bicyclic) bond motifs is 3. The minimum absolute atomic E-state index is 0.124. The lowest BCUT2D eigenvalue weighted by Crippen LogP contribution is -2.39. The Bertz CT molecular complexity index is 1300. The summed E-state index contributed by atoms with van der Waals surface area (Å²) in [5.41, 5.74) is 11.7. The van der Waals surface area contributed by atoms with Crippen LogP contribution in [0.1, 0.15) is 45.2 Å². The topological polar surface area (TPSA) is 70.9 Å². The van der Waals surface area contributed by atoms with Crippen molar-refractivity contribution in [1.29, 1.82) is 0 Å². The molecular formula is C27H25F2N3O. The summed E-state index contributed by atoms with van der Waals surface area (Å²) in [6.07, 6.45) is 2.42. The van der Waals surface area contributed by atoms with Crippen LogP contribution in [0.4, 0.5) is 8.78 Å². The molecule has 4 nitrogen and oxygen atoms in total. The highest BCUT2D eigenvalue weighted by atomic mass is 19.1. The van der Waals surface area contributed by atoms with Crippen molar-refractivity contribution in [3.63, 3.8) is 0 Å². The molecule has 168 valence electrons. The third kappa shape index (κ3) is 4.45. The number of carbonyl (C=O) groups is 1. The molecule has 1 aromatic heterocycles. The Kier molecular flexibility index (Phi) is 5.79. The van der Waals surface area contributed by atoms with Crippen LogP contribution in [0.15, 0.2) is 66.7 Å². The van der Waals surface area contributed by atoms with Gasteiger partial charge in [0, 0.05) is 39.8 Å². The fourth-order valence-corrected chi connectivity index (χ4v) is 4.70. The predicted molar refractivity (Wildman–Crippen MR) is 125 cm³/mol. The van der Waals surface area contributed by atoms with Crippen molar-refractivity contribution < 1.29 is 13.6 Å². The van der Waals surface area contributed by atoms with Gasteiger partial charge in [-0.25, -0.2) is 8.78 Å². The lowest BCUT2D eigenvalue weighted by molar-refractivity contribution is 0.103. The number of carbonyl (C=O) groups excluding carboxylic acids is 1. The third-order valence-corrected chi connectivity index (χ3v) is 6.43. The zero-order valence-electron chi connectivity index (χ0n) is 18.1. The highest BCUT2D eigenvalue weighted by Gasteiger charge is 2.28. The number of H-pyrrole nitrogens is 1. The maximum atomic E-state index is 13.2. The van der Waals surface area contributed by atoms with Crippen molar-refractivity contribution in [1.82, 2.24) is 10.3 Å². The third-order valence-electron chi connectivity index (χ3n) is 6.43. The standard InChI is InChI=1S/C27H25F2N3O/c28-19-6-1-16(2-7-19)11-12-31-21-14-23-22-13-18(27(33)17-3-8-20(29)9-4-17)5-10-25(22)32-26(23)24(30)15-21/h1-10,13,21,24,31-32H,11-12,14-15,30H2. The number of rotatable bonds is 6. The Hall–Kier alpha value is -3.35. The minimum atomic E-state index is -0.367. The molecule has 1 heterocycles. The van der Waals surface area contributed by atoms with E-state index >= 15 is 0 Å². The van der Waals surface area contributed by atoms with Gasteiger partial charge in [0.1, 0.15) is 11.6 Å². The second kappa shape index (κ2) is 8.89. The first-order valence-electron chi connectivity index (χ1n) is 11.2. The smallest absolute Gasteiger partial charge is 0.193 e. The van der Waals surface area contributed by atoms with E-state index in [1.807, 2.05) is 12.1 Å². The molecule has 1 aliphatic rings. The van der Waals surface area contributed by atoms with Gasteiger partial charge in [0.25, 0.3) is 0 Å². The number of hydrogen-bond acceptors (Lipinski definition) is 3. The van der Waals surface area contributed by atoms with Gasteiger partial charge < -0.3 is 16.0 Å². The molecule has 0 saturated carbocycles. The number of halogens is 2. The van der Waals surface area contributed by atoms with Gasteiger partial charge in [-0.1, -0.05) is 12.1 Å². The molecule has 0 spiro atoms. The van der Waals surface area contributed by atoms with Crippen LogP contribution in [0.2, 0.25) is 0 Å². The van der Waals surface area contributed by atoms with E-state index in [-0.39, 0.29) is 29.5 Å². The van der Waals surface area contributed by atoms with Crippen molar-refractivity contribution >= 4 is 16.7 Å². The number of hydrogen-bond donors (Lipinski definition) is 3. The Morgan fingerprint density at radius 1 is 0.970 bits per heavy atom. The maximum absolute atomic E-state index is 13.2. The van der Waals surface area contributed by atoms with E-state index < -0.39 is 0 Å². The molecule has 3 aromatic carbocycles. The number of ketones is 1. The first-order chi connectivity index (χ1) is 16.0. The Morgan fingerprint density at radius 3 is 2.36 bits per heavy atom. The molecule has 2 atom stereocenters. The van der Waals surface area contributed by atoms with E-state index in [9.17, 15) is 13.6 Å². The largest absolute Gasteiger partial charge is 0.357 e. The normalized spacial score (nSPS) is 17.8. The van der Waals surface area contributed by atoms with E-state index in [1.165, 1.54) is 36.4 Å². The quantitative estimate of drug-likeness (QED) is 0.373. The number of aromatic nitrogens is 1. The van der Waals surface area contributed by atoms with Gasteiger partial charge >= 0.3 is 0 Å². The Balaban J connectivity index is 1.35. The summed E-state index contributed by atoms with van der Waals surface area (Å²) in [7, 11) is 0. The molecule has 0 radical (unpaired) electrons. The average molecular weight is 446 g/mol. The fraction of sp³-hybridized carbons (Fsp3) is 0.222. The lowest BCUT2D eigenvalue weighted by atomic mass is 9.87. The van der Waals surface area contributed by atoms with Crippen molar-refractivity contribution in [2.45, 2.75) is 31.3 Å². The Labute approximate surface area is 190 Å². The van der Waals surface area contributed by atoms with E-state index in [2.05, 4.69) is 10.3 Å². The summed E-state index contributed by atoms with van der Waals surface area (Å²) in [4.78, 5) is 16.4.